The van der Waals surface area contributed by atoms with E-state index in [2.05, 4.69) is 0 Å². The van der Waals surface area contributed by atoms with Crippen molar-refractivity contribution in [2.45, 2.75) is 13.3 Å². The van der Waals surface area contributed by atoms with Gasteiger partial charge in [-0.05, 0) is 17.7 Å². The highest BCUT2D eigenvalue weighted by Gasteiger charge is 2.21. The first-order valence-corrected chi connectivity index (χ1v) is 5.20. The van der Waals surface area contributed by atoms with E-state index in [-0.39, 0.29) is 6.42 Å². The Kier molecular flexibility index (Phi) is 4.27. The molecule has 0 bridgehead atoms. The number of nitriles is 1. The molecule has 18 heavy (non-hydrogen) atoms. The lowest BCUT2D eigenvalue weighted by Gasteiger charge is -2.28. The summed E-state index contributed by atoms with van der Waals surface area (Å²) in [6.07, 6.45) is -0.990. The summed E-state index contributed by atoms with van der Waals surface area (Å²) < 4.78 is 0. The van der Waals surface area contributed by atoms with Gasteiger partial charge >= 0.3 is 6.09 Å². The van der Waals surface area contributed by atoms with Gasteiger partial charge in [-0.3, -0.25) is 4.79 Å². The van der Waals surface area contributed by atoms with Gasteiger partial charge in [-0.2, -0.15) is 10.3 Å². The number of anilines is 1. The normalized spacial score (nSPS) is 9.39. The third-order valence-electron chi connectivity index (χ3n) is 2.40. The second kappa shape index (κ2) is 5.68. The van der Waals surface area contributed by atoms with E-state index < -0.39 is 12.0 Å². The Morgan fingerprint density at radius 3 is 2.28 bits per heavy atom. The first kappa shape index (κ1) is 13.5. The molecule has 2 amide bonds. The van der Waals surface area contributed by atoms with Gasteiger partial charge < -0.3 is 5.11 Å². The van der Waals surface area contributed by atoms with E-state index in [0.717, 1.165) is 15.6 Å². The summed E-state index contributed by atoms with van der Waals surface area (Å²) in [5.74, 6) is -0.390. The highest BCUT2D eigenvalue weighted by molar-refractivity contribution is 5.90. The van der Waals surface area contributed by atoms with E-state index in [9.17, 15) is 9.59 Å². The summed E-state index contributed by atoms with van der Waals surface area (Å²) in [5, 5.41) is 19.5. The van der Waals surface area contributed by atoms with E-state index in [4.69, 9.17) is 10.4 Å². The molecule has 0 spiro atoms. The third kappa shape index (κ3) is 2.98. The molecule has 1 aromatic rings. The summed E-state index contributed by atoms with van der Waals surface area (Å²) in [5.41, 5.74) is 1.14. The molecule has 0 unspecified atom stereocenters. The number of nitrogens with zero attached hydrogens (tertiary/aromatic N) is 3. The van der Waals surface area contributed by atoms with E-state index in [1.54, 1.807) is 24.3 Å². The van der Waals surface area contributed by atoms with Crippen molar-refractivity contribution < 1.29 is 14.7 Å². The molecule has 94 valence electrons. The Balaban J connectivity index is 3.04. The van der Waals surface area contributed by atoms with Crippen molar-refractivity contribution >= 4 is 17.7 Å². The molecule has 0 saturated heterocycles. The van der Waals surface area contributed by atoms with Gasteiger partial charge in [0.15, 0.2) is 0 Å². The molecule has 0 saturated carbocycles. The lowest BCUT2D eigenvalue weighted by atomic mass is 10.1. The third-order valence-corrected chi connectivity index (χ3v) is 2.40. The van der Waals surface area contributed by atoms with E-state index in [1.807, 2.05) is 6.07 Å². The fourth-order valence-electron chi connectivity index (χ4n) is 1.40. The summed E-state index contributed by atoms with van der Waals surface area (Å²) in [6.45, 7) is 1.28. The molecule has 0 atom stereocenters. The Labute approximate surface area is 105 Å². The van der Waals surface area contributed by atoms with Gasteiger partial charge in [0.1, 0.15) is 0 Å². The van der Waals surface area contributed by atoms with Gasteiger partial charge in [-0.1, -0.05) is 12.1 Å². The fourth-order valence-corrected chi connectivity index (χ4v) is 1.40. The molecule has 6 heteroatoms. The minimum Gasteiger partial charge on any atom is -0.463 e. The van der Waals surface area contributed by atoms with Crippen molar-refractivity contribution in [3.63, 3.8) is 0 Å². The lowest BCUT2D eigenvalue weighted by Crippen LogP contribution is -2.46. The van der Waals surface area contributed by atoms with Crippen LogP contribution in [0, 0.1) is 11.3 Å². The van der Waals surface area contributed by atoms with Gasteiger partial charge in [-0.25, -0.2) is 9.80 Å². The smallest absolute Gasteiger partial charge is 0.431 e. The zero-order chi connectivity index (χ0) is 13.7. The molecule has 0 aliphatic heterocycles. The molecule has 0 aromatic heterocycles. The Morgan fingerprint density at radius 1 is 1.33 bits per heavy atom. The zero-order valence-corrected chi connectivity index (χ0v) is 10.1. The highest BCUT2D eigenvalue weighted by Crippen LogP contribution is 2.17. The summed E-state index contributed by atoms with van der Waals surface area (Å²) in [6, 6.07) is 8.42. The quantitative estimate of drug-likeness (QED) is 0.805. The van der Waals surface area contributed by atoms with E-state index in [0.29, 0.717) is 5.69 Å². The Hall–Kier alpha value is -2.55. The van der Waals surface area contributed by atoms with Crippen molar-refractivity contribution in [2.75, 3.05) is 12.1 Å². The number of carboxylic acid groups (broad SMARTS) is 1. The number of hydrogen-bond donors (Lipinski definition) is 1. The number of rotatable bonds is 2. The number of hydrogen-bond acceptors (Lipinski definition) is 3. The SMILES string of the molecule is CC(=O)N(C)N(C(=O)O)c1ccc(CC#N)cc1. The monoisotopic (exact) mass is 247 g/mol. The molecular formula is C12H13N3O3. The number of amides is 2. The molecule has 1 rings (SSSR count). The van der Waals surface area contributed by atoms with Gasteiger partial charge in [-0.15, -0.1) is 0 Å². The maximum Gasteiger partial charge on any atom is 0.431 e. The second-order valence-corrected chi connectivity index (χ2v) is 3.64. The van der Waals surface area contributed by atoms with Gasteiger partial charge in [0.25, 0.3) is 0 Å². The van der Waals surface area contributed by atoms with Crippen LogP contribution in [-0.2, 0) is 11.2 Å². The minimum absolute atomic E-state index is 0.260. The van der Waals surface area contributed by atoms with Crippen molar-refractivity contribution in [3.8, 4) is 6.07 Å². The lowest BCUT2D eigenvalue weighted by molar-refractivity contribution is -0.127. The van der Waals surface area contributed by atoms with Crippen LogP contribution in [0.1, 0.15) is 12.5 Å². The van der Waals surface area contributed by atoms with Crippen molar-refractivity contribution in [1.29, 1.82) is 5.26 Å². The van der Waals surface area contributed by atoms with Gasteiger partial charge in [0.2, 0.25) is 5.91 Å². The van der Waals surface area contributed by atoms with Crippen LogP contribution < -0.4 is 5.01 Å². The van der Waals surface area contributed by atoms with Crippen LogP contribution in [0.2, 0.25) is 0 Å². The summed E-state index contributed by atoms with van der Waals surface area (Å²) in [7, 11) is 1.37. The van der Waals surface area contributed by atoms with Crippen molar-refractivity contribution in [1.82, 2.24) is 5.01 Å². The largest absolute Gasteiger partial charge is 0.463 e. The number of hydrazine groups is 1. The number of carbonyl (C=O) groups is 2. The topological polar surface area (TPSA) is 84.6 Å². The predicted molar refractivity (Wildman–Crippen MR) is 64.7 cm³/mol. The minimum atomic E-state index is -1.25. The Morgan fingerprint density at radius 2 is 1.89 bits per heavy atom. The molecule has 1 aromatic carbocycles. The van der Waals surface area contributed by atoms with Crippen LogP contribution in [0.3, 0.4) is 0 Å². The van der Waals surface area contributed by atoms with E-state index in [1.165, 1.54) is 14.0 Å². The summed E-state index contributed by atoms with van der Waals surface area (Å²) in [4.78, 5) is 22.3. The van der Waals surface area contributed by atoms with Crippen LogP contribution in [0.5, 0.6) is 0 Å². The molecule has 0 heterocycles. The number of carbonyl (C=O) groups excluding carboxylic acids is 1. The van der Waals surface area contributed by atoms with E-state index >= 15 is 0 Å². The molecule has 0 fully saturated rings. The Bertz CT molecular complexity index is 490. The fraction of sp³-hybridized carbons (Fsp3) is 0.250. The van der Waals surface area contributed by atoms with Crippen LogP contribution in [0.4, 0.5) is 10.5 Å². The van der Waals surface area contributed by atoms with Crippen LogP contribution in [-0.4, -0.2) is 29.2 Å². The van der Waals surface area contributed by atoms with Crippen molar-refractivity contribution in [3.05, 3.63) is 29.8 Å². The average molecular weight is 247 g/mol. The predicted octanol–water partition coefficient (Wildman–Crippen LogP) is 1.63. The number of benzene rings is 1. The highest BCUT2D eigenvalue weighted by atomic mass is 16.4. The van der Waals surface area contributed by atoms with Crippen LogP contribution in [0.15, 0.2) is 24.3 Å². The molecule has 1 N–H and O–H groups in total. The standard InChI is InChI=1S/C12H13N3O3/c1-9(16)14(2)15(12(17)18)11-5-3-10(4-6-11)7-8-13/h3-6H,7H2,1-2H3,(H,17,18). The first-order chi connectivity index (χ1) is 8.47. The second-order valence-electron chi connectivity index (χ2n) is 3.64. The molecule has 6 nitrogen and oxygen atoms in total. The maximum absolute atomic E-state index is 11.2. The van der Waals surface area contributed by atoms with Crippen molar-refractivity contribution in [2.24, 2.45) is 0 Å². The van der Waals surface area contributed by atoms with Gasteiger partial charge in [0, 0.05) is 14.0 Å². The average Bonchev–Trinajstić information content (AvgIpc) is 2.31. The molecule has 0 aliphatic carbocycles. The molecular weight excluding hydrogens is 234 g/mol. The van der Waals surface area contributed by atoms with Crippen LogP contribution >= 0.6 is 0 Å². The summed E-state index contributed by atoms with van der Waals surface area (Å²) >= 11 is 0. The van der Waals surface area contributed by atoms with Crippen LogP contribution in [0.25, 0.3) is 0 Å². The first-order valence-electron chi connectivity index (χ1n) is 5.20. The maximum atomic E-state index is 11.2. The molecule has 0 radical (unpaired) electrons. The van der Waals surface area contributed by atoms with Gasteiger partial charge in [0.05, 0.1) is 18.2 Å². The zero-order valence-electron chi connectivity index (χ0n) is 10.1. The molecule has 0 aliphatic rings.